The summed E-state index contributed by atoms with van der Waals surface area (Å²) < 4.78 is 0. The number of carbonyl (C=O) groups excluding carboxylic acids is 1. The van der Waals surface area contributed by atoms with Gasteiger partial charge in [-0.05, 0) is 89.3 Å². The van der Waals surface area contributed by atoms with Gasteiger partial charge in [0.25, 0.3) is 5.91 Å². The van der Waals surface area contributed by atoms with Gasteiger partial charge in [0.1, 0.15) is 0 Å². The first-order valence-electron chi connectivity index (χ1n) is 12.7. The van der Waals surface area contributed by atoms with Crippen molar-refractivity contribution in [3.8, 4) is 0 Å². The fraction of sp³-hybridized carbons (Fsp3) is 0.333. The first-order chi connectivity index (χ1) is 17.3. The predicted molar refractivity (Wildman–Crippen MR) is 143 cm³/mol. The molecule has 2 aliphatic rings. The molecule has 2 atom stereocenters. The number of hydrogen-bond acceptors (Lipinski definition) is 4. The lowest BCUT2D eigenvalue weighted by Gasteiger charge is -2.46. The molecule has 2 aliphatic heterocycles. The van der Waals surface area contributed by atoms with E-state index in [9.17, 15) is 4.79 Å². The lowest BCUT2D eigenvalue weighted by molar-refractivity contribution is 0.0724. The number of rotatable bonds is 5. The van der Waals surface area contributed by atoms with E-state index in [4.69, 9.17) is 0 Å². The molecular weight excluding hydrogens is 450 g/mol. The molecule has 4 nitrogen and oxygen atoms in total. The Morgan fingerprint density at radius 1 is 0.914 bits per heavy atom. The monoisotopic (exact) mass is 481 g/mol. The average Bonchev–Trinajstić information content (AvgIpc) is 3.61. The number of thiophene rings is 1. The molecule has 0 radical (unpaired) electrons. The van der Waals surface area contributed by atoms with Crippen molar-refractivity contribution in [2.75, 3.05) is 26.2 Å². The molecule has 178 valence electrons. The minimum atomic E-state index is -0.140. The van der Waals surface area contributed by atoms with Crippen molar-refractivity contribution < 1.29 is 4.79 Å². The maximum atomic E-state index is 14.0. The zero-order valence-corrected chi connectivity index (χ0v) is 20.8. The van der Waals surface area contributed by atoms with Crippen LogP contribution in [0.4, 0.5) is 0 Å². The van der Waals surface area contributed by atoms with Crippen LogP contribution in [0.3, 0.4) is 0 Å². The molecule has 2 aromatic heterocycles. The van der Waals surface area contributed by atoms with Gasteiger partial charge in [-0.3, -0.25) is 14.7 Å². The number of aromatic nitrogens is 1. The predicted octanol–water partition coefficient (Wildman–Crippen LogP) is 6.31. The van der Waals surface area contributed by atoms with Crippen LogP contribution >= 0.6 is 11.3 Å². The third-order valence-corrected chi connectivity index (χ3v) is 8.69. The Kier molecular flexibility index (Phi) is 6.13. The summed E-state index contributed by atoms with van der Waals surface area (Å²) in [5.41, 5.74) is 3.34. The van der Waals surface area contributed by atoms with Crippen molar-refractivity contribution >= 4 is 28.0 Å². The van der Waals surface area contributed by atoms with E-state index in [0.29, 0.717) is 0 Å². The third-order valence-electron chi connectivity index (χ3n) is 8.01. The fourth-order valence-electron chi connectivity index (χ4n) is 6.35. The summed E-state index contributed by atoms with van der Waals surface area (Å²) >= 11 is 1.76. The number of carbonyl (C=O) groups is 1. The van der Waals surface area contributed by atoms with Crippen molar-refractivity contribution in [3.63, 3.8) is 0 Å². The minimum Gasteiger partial charge on any atom is -0.338 e. The summed E-state index contributed by atoms with van der Waals surface area (Å²) in [6, 6.07) is 21.2. The van der Waals surface area contributed by atoms with Crippen LogP contribution in [0.2, 0.25) is 0 Å². The lowest BCUT2D eigenvalue weighted by atomic mass is 9.71. The zero-order chi connectivity index (χ0) is 23.7. The maximum Gasteiger partial charge on any atom is 0.254 e. The van der Waals surface area contributed by atoms with E-state index in [1.807, 2.05) is 36.7 Å². The number of pyridine rings is 1. The number of fused-ring (bicyclic) bond motifs is 1. The molecule has 0 spiro atoms. The molecule has 1 amide bonds. The van der Waals surface area contributed by atoms with E-state index < -0.39 is 0 Å². The molecule has 0 aliphatic carbocycles. The molecule has 0 saturated carbocycles. The Labute approximate surface area is 211 Å². The van der Waals surface area contributed by atoms with Gasteiger partial charge in [-0.25, -0.2) is 0 Å². The summed E-state index contributed by atoms with van der Waals surface area (Å²) in [6.07, 6.45) is 8.57. The van der Waals surface area contributed by atoms with Crippen molar-refractivity contribution in [1.29, 1.82) is 0 Å². The SMILES string of the molecule is O=C(c1cccc2ccccc12)N1CC[C@@](c2ccsc2)(C(c2ccncc2)N2CCCCC2)C1. The van der Waals surface area contributed by atoms with Crippen LogP contribution in [0.15, 0.2) is 83.8 Å². The molecule has 2 aromatic carbocycles. The highest BCUT2D eigenvalue weighted by molar-refractivity contribution is 7.08. The van der Waals surface area contributed by atoms with Crippen molar-refractivity contribution in [1.82, 2.24) is 14.8 Å². The minimum absolute atomic E-state index is 0.140. The van der Waals surface area contributed by atoms with Gasteiger partial charge in [0.15, 0.2) is 0 Å². The molecule has 2 fully saturated rings. The molecule has 4 aromatic rings. The third kappa shape index (κ3) is 4.07. The number of likely N-dealkylation sites (tertiary alicyclic amines) is 2. The smallest absolute Gasteiger partial charge is 0.254 e. The van der Waals surface area contributed by atoms with Crippen molar-refractivity contribution in [3.05, 3.63) is 101 Å². The molecule has 0 N–H and O–H groups in total. The van der Waals surface area contributed by atoms with Crippen molar-refractivity contribution in [2.45, 2.75) is 37.1 Å². The van der Waals surface area contributed by atoms with Crippen LogP contribution < -0.4 is 0 Å². The van der Waals surface area contributed by atoms with Crippen LogP contribution in [0.5, 0.6) is 0 Å². The van der Waals surface area contributed by atoms with Crippen LogP contribution in [0.1, 0.15) is 53.2 Å². The van der Waals surface area contributed by atoms with Gasteiger partial charge >= 0.3 is 0 Å². The summed E-state index contributed by atoms with van der Waals surface area (Å²) in [5.74, 6) is 0.144. The highest BCUT2D eigenvalue weighted by atomic mass is 32.1. The average molecular weight is 482 g/mol. The van der Waals surface area contributed by atoms with E-state index >= 15 is 0 Å². The van der Waals surface area contributed by atoms with Gasteiger partial charge in [0.05, 0.1) is 0 Å². The quantitative estimate of drug-likeness (QED) is 0.335. The molecule has 6 rings (SSSR count). The van der Waals surface area contributed by atoms with Crippen LogP contribution in [-0.4, -0.2) is 46.9 Å². The summed E-state index contributed by atoms with van der Waals surface area (Å²) in [6.45, 7) is 3.72. The molecule has 5 heteroatoms. The van der Waals surface area contributed by atoms with Gasteiger partial charge in [0, 0.05) is 42.5 Å². The van der Waals surface area contributed by atoms with Gasteiger partial charge in [-0.2, -0.15) is 11.3 Å². The largest absolute Gasteiger partial charge is 0.338 e. The molecular formula is C30H31N3OS. The Bertz CT molecular complexity index is 1290. The van der Waals surface area contributed by atoms with Gasteiger partial charge in [0.2, 0.25) is 0 Å². The molecule has 1 unspecified atom stereocenters. The lowest BCUT2D eigenvalue weighted by Crippen LogP contribution is -2.48. The molecule has 35 heavy (non-hydrogen) atoms. The van der Waals surface area contributed by atoms with Gasteiger partial charge in [-0.1, -0.05) is 42.8 Å². The van der Waals surface area contributed by atoms with Crippen LogP contribution in [0, 0.1) is 0 Å². The van der Waals surface area contributed by atoms with Gasteiger partial charge in [-0.15, -0.1) is 0 Å². The first kappa shape index (κ1) is 22.4. The zero-order valence-electron chi connectivity index (χ0n) is 20.0. The second kappa shape index (κ2) is 9.56. The topological polar surface area (TPSA) is 36.4 Å². The maximum absolute atomic E-state index is 14.0. The van der Waals surface area contributed by atoms with E-state index in [1.54, 1.807) is 11.3 Å². The van der Waals surface area contributed by atoms with E-state index in [0.717, 1.165) is 48.9 Å². The first-order valence-corrected chi connectivity index (χ1v) is 13.6. The second-order valence-corrected chi connectivity index (χ2v) is 10.7. The van der Waals surface area contributed by atoms with E-state index in [1.165, 1.54) is 30.4 Å². The van der Waals surface area contributed by atoms with Gasteiger partial charge < -0.3 is 4.90 Å². The molecule has 0 bridgehead atoms. The van der Waals surface area contributed by atoms with Crippen LogP contribution in [-0.2, 0) is 5.41 Å². The highest BCUT2D eigenvalue weighted by Crippen LogP contribution is 2.49. The normalized spacial score (nSPS) is 21.9. The van der Waals surface area contributed by atoms with E-state index in [-0.39, 0.29) is 17.4 Å². The van der Waals surface area contributed by atoms with Crippen LogP contribution in [0.25, 0.3) is 10.8 Å². The summed E-state index contributed by atoms with van der Waals surface area (Å²) in [7, 11) is 0. The Balaban J connectivity index is 1.41. The Morgan fingerprint density at radius 2 is 1.71 bits per heavy atom. The van der Waals surface area contributed by atoms with E-state index in [2.05, 4.69) is 61.9 Å². The highest BCUT2D eigenvalue weighted by Gasteiger charge is 2.50. The second-order valence-electron chi connectivity index (χ2n) is 9.95. The van der Waals surface area contributed by atoms with Crippen molar-refractivity contribution in [2.24, 2.45) is 0 Å². The Hall–Kier alpha value is -3.02. The fourth-order valence-corrected chi connectivity index (χ4v) is 7.12. The number of amides is 1. The Morgan fingerprint density at radius 3 is 2.51 bits per heavy atom. The number of piperidine rings is 1. The number of benzene rings is 2. The number of hydrogen-bond donors (Lipinski definition) is 0. The standard InChI is InChI=1S/C30H31N3OS/c34-29(27-10-6-8-23-7-2-3-9-26(23)27)33-19-14-30(22-33,25-13-20-35-21-25)28(24-11-15-31-16-12-24)32-17-4-1-5-18-32/h2-3,6-13,15-16,20-21,28H,1,4-5,14,17-19,22H2/t28?,30-/m1/s1. The molecule has 2 saturated heterocycles. The summed E-state index contributed by atoms with van der Waals surface area (Å²) in [4.78, 5) is 23.1. The summed E-state index contributed by atoms with van der Waals surface area (Å²) in [5, 5.41) is 6.65. The molecule has 4 heterocycles. The number of nitrogens with zero attached hydrogens (tertiary/aromatic N) is 3.